The molecule has 1 aromatic carbocycles. The van der Waals surface area contributed by atoms with Gasteiger partial charge in [0.2, 0.25) is 11.8 Å². The van der Waals surface area contributed by atoms with Crippen molar-refractivity contribution in [1.82, 2.24) is 0 Å². The number of anilines is 1. The molecular weight excluding hydrogens is 250 g/mol. The molecule has 102 valence electrons. The zero-order chi connectivity index (χ0) is 14.0. The van der Waals surface area contributed by atoms with Crippen molar-refractivity contribution in [1.29, 1.82) is 0 Å². The summed E-state index contributed by atoms with van der Waals surface area (Å²) in [6.45, 7) is 3.98. The smallest absolute Gasteiger partial charge is 0.238 e. The van der Waals surface area contributed by atoms with Crippen LogP contribution < -0.4 is 4.90 Å². The van der Waals surface area contributed by atoms with Gasteiger partial charge in [-0.25, -0.2) is 4.90 Å². The number of fused-ring (bicyclic) bond motifs is 5. The van der Waals surface area contributed by atoms with Gasteiger partial charge in [-0.1, -0.05) is 29.8 Å². The summed E-state index contributed by atoms with van der Waals surface area (Å²) in [6.07, 6.45) is 5.23. The molecule has 1 saturated heterocycles. The van der Waals surface area contributed by atoms with Gasteiger partial charge in [-0.15, -0.1) is 0 Å². The Morgan fingerprint density at radius 3 is 2.15 bits per heavy atom. The number of carbonyl (C=O) groups is 2. The van der Waals surface area contributed by atoms with Crippen molar-refractivity contribution >= 4 is 17.5 Å². The number of nitrogens with zero attached hydrogens (tertiary/aromatic N) is 1. The number of benzene rings is 1. The molecule has 20 heavy (non-hydrogen) atoms. The van der Waals surface area contributed by atoms with Crippen molar-refractivity contribution < 1.29 is 9.59 Å². The van der Waals surface area contributed by atoms with Crippen LogP contribution in [-0.4, -0.2) is 11.8 Å². The highest BCUT2D eigenvalue weighted by Gasteiger charge is 2.59. The van der Waals surface area contributed by atoms with Gasteiger partial charge < -0.3 is 0 Å². The van der Waals surface area contributed by atoms with Gasteiger partial charge in [0.1, 0.15) is 0 Å². The second-order valence-corrected chi connectivity index (χ2v) is 6.30. The Kier molecular flexibility index (Phi) is 2.27. The number of allylic oxidation sites excluding steroid dienone is 2. The molecule has 0 N–H and O–H groups in total. The van der Waals surface area contributed by atoms with E-state index in [1.165, 1.54) is 4.90 Å². The maximum absolute atomic E-state index is 12.7. The first-order valence-corrected chi connectivity index (χ1v) is 7.21. The lowest BCUT2D eigenvalue weighted by atomic mass is 9.85. The first-order valence-electron chi connectivity index (χ1n) is 7.21. The first-order chi connectivity index (χ1) is 9.58. The van der Waals surface area contributed by atoms with E-state index in [9.17, 15) is 9.59 Å². The molecule has 2 amide bonds. The summed E-state index contributed by atoms with van der Waals surface area (Å²) in [5.41, 5.74) is 2.90. The maximum atomic E-state index is 12.7. The van der Waals surface area contributed by atoms with E-state index < -0.39 is 0 Å². The lowest BCUT2D eigenvalue weighted by Gasteiger charge is -2.19. The van der Waals surface area contributed by atoms with E-state index in [0.717, 1.165) is 23.2 Å². The third-order valence-electron chi connectivity index (χ3n) is 5.06. The Morgan fingerprint density at radius 1 is 1.00 bits per heavy atom. The van der Waals surface area contributed by atoms with Crippen molar-refractivity contribution in [3.8, 4) is 0 Å². The average molecular weight is 267 g/mol. The van der Waals surface area contributed by atoms with Crippen LogP contribution in [0.15, 0.2) is 30.4 Å². The molecule has 3 heteroatoms. The third-order valence-corrected chi connectivity index (χ3v) is 5.06. The summed E-state index contributed by atoms with van der Waals surface area (Å²) in [5, 5.41) is 0. The first kappa shape index (κ1) is 11.9. The Bertz CT molecular complexity index is 631. The third kappa shape index (κ3) is 1.35. The molecule has 0 unspecified atom stereocenters. The normalized spacial score (nSPS) is 34.2. The van der Waals surface area contributed by atoms with Crippen LogP contribution in [0.3, 0.4) is 0 Å². The number of carbonyl (C=O) groups excluding carboxylic acids is 2. The molecule has 1 saturated carbocycles. The van der Waals surface area contributed by atoms with Crippen LogP contribution >= 0.6 is 0 Å². The molecule has 4 rings (SSSR count). The molecular formula is C17H17NO2. The van der Waals surface area contributed by atoms with E-state index in [1.807, 2.05) is 32.0 Å². The van der Waals surface area contributed by atoms with Crippen LogP contribution in [0.2, 0.25) is 0 Å². The van der Waals surface area contributed by atoms with Crippen molar-refractivity contribution in [3.05, 3.63) is 41.5 Å². The van der Waals surface area contributed by atoms with Crippen LogP contribution in [-0.2, 0) is 9.59 Å². The van der Waals surface area contributed by atoms with Gasteiger partial charge in [0, 0.05) is 0 Å². The van der Waals surface area contributed by atoms with E-state index >= 15 is 0 Å². The number of hydrogen-bond donors (Lipinski definition) is 0. The van der Waals surface area contributed by atoms with E-state index in [0.29, 0.717) is 0 Å². The summed E-state index contributed by atoms with van der Waals surface area (Å²) in [5.74, 6) is 0.332. The van der Waals surface area contributed by atoms with Crippen LogP contribution in [0.4, 0.5) is 5.69 Å². The summed E-state index contributed by atoms with van der Waals surface area (Å²) in [7, 11) is 0. The number of amides is 2. The van der Waals surface area contributed by atoms with Gasteiger partial charge in [0.15, 0.2) is 0 Å². The summed E-state index contributed by atoms with van der Waals surface area (Å²) in [4.78, 5) is 26.8. The summed E-state index contributed by atoms with van der Waals surface area (Å²) >= 11 is 0. The lowest BCUT2D eigenvalue weighted by Crippen LogP contribution is -2.33. The fourth-order valence-electron chi connectivity index (χ4n) is 4.20. The Balaban J connectivity index is 1.78. The molecule has 2 bridgehead atoms. The molecule has 1 heterocycles. The molecule has 3 nitrogen and oxygen atoms in total. The number of imide groups is 1. The fraction of sp³-hybridized carbons (Fsp3) is 0.412. The zero-order valence-corrected chi connectivity index (χ0v) is 11.7. The Hall–Kier alpha value is -1.90. The van der Waals surface area contributed by atoms with Gasteiger partial charge in [0.05, 0.1) is 17.5 Å². The van der Waals surface area contributed by atoms with Crippen LogP contribution in [0, 0.1) is 37.5 Å². The van der Waals surface area contributed by atoms with E-state index in [4.69, 9.17) is 0 Å². The second kappa shape index (κ2) is 3.81. The highest BCUT2D eigenvalue weighted by atomic mass is 16.2. The molecule has 4 atom stereocenters. The lowest BCUT2D eigenvalue weighted by molar-refractivity contribution is -0.123. The zero-order valence-electron chi connectivity index (χ0n) is 11.7. The van der Waals surface area contributed by atoms with Gasteiger partial charge in [-0.3, -0.25) is 9.59 Å². The Morgan fingerprint density at radius 2 is 1.60 bits per heavy atom. The number of aryl methyl sites for hydroxylation is 2. The predicted octanol–water partition coefficient (Wildman–Crippen LogP) is 2.61. The SMILES string of the molecule is Cc1ccc(N2C(=O)[C@H]3[C@H](C2=O)[C@H]2C=C[C@H]3C2)c(C)c1. The van der Waals surface area contributed by atoms with Gasteiger partial charge >= 0.3 is 0 Å². The molecule has 1 aromatic rings. The van der Waals surface area contributed by atoms with Crippen molar-refractivity contribution in [2.45, 2.75) is 20.3 Å². The van der Waals surface area contributed by atoms with Gasteiger partial charge in [-0.05, 0) is 43.7 Å². The van der Waals surface area contributed by atoms with E-state index in [1.54, 1.807) is 0 Å². The molecule has 2 fully saturated rings. The number of hydrogen-bond acceptors (Lipinski definition) is 2. The summed E-state index contributed by atoms with van der Waals surface area (Å²) < 4.78 is 0. The topological polar surface area (TPSA) is 37.4 Å². The molecule has 2 aliphatic carbocycles. The van der Waals surface area contributed by atoms with Gasteiger partial charge in [-0.2, -0.15) is 0 Å². The van der Waals surface area contributed by atoms with Crippen molar-refractivity contribution in [2.75, 3.05) is 4.90 Å². The van der Waals surface area contributed by atoms with Crippen LogP contribution in [0.25, 0.3) is 0 Å². The molecule has 3 aliphatic rings. The van der Waals surface area contributed by atoms with Gasteiger partial charge in [0.25, 0.3) is 0 Å². The standard InChI is InChI=1S/C17H17NO2/c1-9-3-6-13(10(2)7-9)18-16(19)14-11-4-5-12(8-11)15(14)17(18)20/h3-7,11-12,14-15H,8H2,1-2H3/t11-,12-,14+,15+/m0/s1. The molecule has 0 aromatic heterocycles. The van der Waals surface area contributed by atoms with Crippen LogP contribution in [0.5, 0.6) is 0 Å². The second-order valence-electron chi connectivity index (χ2n) is 6.30. The van der Waals surface area contributed by atoms with Crippen LogP contribution in [0.1, 0.15) is 17.5 Å². The maximum Gasteiger partial charge on any atom is 0.238 e. The average Bonchev–Trinajstić information content (AvgIpc) is 3.06. The minimum atomic E-state index is -0.113. The largest absolute Gasteiger partial charge is 0.274 e. The molecule has 0 spiro atoms. The highest BCUT2D eigenvalue weighted by molar-refractivity contribution is 6.23. The van der Waals surface area contributed by atoms with E-state index in [-0.39, 0.29) is 35.5 Å². The highest BCUT2D eigenvalue weighted by Crippen LogP contribution is 2.53. The molecule has 1 aliphatic heterocycles. The van der Waals surface area contributed by atoms with Crippen molar-refractivity contribution in [3.63, 3.8) is 0 Å². The van der Waals surface area contributed by atoms with E-state index in [2.05, 4.69) is 12.2 Å². The number of rotatable bonds is 1. The predicted molar refractivity (Wildman–Crippen MR) is 76.1 cm³/mol. The molecule has 0 radical (unpaired) electrons. The quantitative estimate of drug-likeness (QED) is 0.579. The fourth-order valence-corrected chi connectivity index (χ4v) is 4.20. The minimum absolute atomic E-state index is 0.00352. The minimum Gasteiger partial charge on any atom is -0.274 e. The Labute approximate surface area is 118 Å². The monoisotopic (exact) mass is 267 g/mol. The summed E-state index contributed by atoms with van der Waals surface area (Å²) in [6, 6.07) is 5.89. The van der Waals surface area contributed by atoms with Crippen molar-refractivity contribution in [2.24, 2.45) is 23.7 Å².